The van der Waals surface area contributed by atoms with Crippen molar-refractivity contribution in [2.75, 3.05) is 6.61 Å². The van der Waals surface area contributed by atoms with Crippen LogP contribution in [-0.4, -0.2) is 24.1 Å². The van der Waals surface area contributed by atoms with Gasteiger partial charge in [0, 0.05) is 18.3 Å². The third-order valence-corrected chi connectivity index (χ3v) is 3.58. The van der Waals surface area contributed by atoms with Gasteiger partial charge in [-0.2, -0.15) is 8.78 Å². The highest BCUT2D eigenvalue weighted by molar-refractivity contribution is 5.78. The molecular formula is C19H22F2N2O3. The second-order valence-corrected chi connectivity index (χ2v) is 5.65. The molecule has 1 heterocycles. The summed E-state index contributed by atoms with van der Waals surface area (Å²) in [5, 5.41) is 2.81. The Kier molecular flexibility index (Phi) is 7.79. The number of carbonyl (C=O) groups excluding carboxylic acids is 1. The van der Waals surface area contributed by atoms with Crippen molar-refractivity contribution in [3.8, 4) is 11.6 Å². The highest BCUT2D eigenvalue weighted by atomic mass is 19.3. The number of carbonyl (C=O) groups is 1. The van der Waals surface area contributed by atoms with E-state index in [2.05, 4.69) is 22.0 Å². The van der Waals surface area contributed by atoms with Gasteiger partial charge in [0.05, 0.1) is 13.0 Å². The van der Waals surface area contributed by atoms with Crippen molar-refractivity contribution in [2.45, 2.75) is 39.3 Å². The van der Waals surface area contributed by atoms with Crippen LogP contribution in [0.4, 0.5) is 8.78 Å². The molecule has 1 aromatic heterocycles. The van der Waals surface area contributed by atoms with E-state index in [9.17, 15) is 13.6 Å². The van der Waals surface area contributed by atoms with E-state index in [4.69, 9.17) is 4.74 Å². The summed E-state index contributed by atoms with van der Waals surface area (Å²) in [5.74, 6) is 0.402. The first-order valence-electron chi connectivity index (χ1n) is 8.45. The number of halogens is 2. The van der Waals surface area contributed by atoms with Crippen LogP contribution >= 0.6 is 0 Å². The number of alkyl halides is 2. The molecular weight excluding hydrogens is 342 g/mol. The minimum Gasteiger partial charge on any atom is -0.477 e. The smallest absolute Gasteiger partial charge is 0.387 e. The molecule has 140 valence electrons. The van der Waals surface area contributed by atoms with Crippen molar-refractivity contribution in [1.29, 1.82) is 0 Å². The number of unbranched alkanes of at least 4 members (excludes halogenated alkanes) is 1. The minimum absolute atomic E-state index is 0.0633. The molecule has 0 saturated carbocycles. The zero-order valence-corrected chi connectivity index (χ0v) is 14.6. The molecule has 1 N–H and O–H groups in total. The van der Waals surface area contributed by atoms with Crippen LogP contribution in [-0.2, 0) is 17.8 Å². The molecule has 7 heteroatoms. The van der Waals surface area contributed by atoms with Gasteiger partial charge in [-0.3, -0.25) is 4.79 Å². The molecule has 0 aliphatic heterocycles. The molecule has 0 fully saturated rings. The Bertz CT molecular complexity index is 693. The molecule has 1 amide bonds. The lowest BCUT2D eigenvalue weighted by molar-refractivity contribution is -0.120. The molecule has 0 spiro atoms. The monoisotopic (exact) mass is 364 g/mol. The normalized spacial score (nSPS) is 10.6. The van der Waals surface area contributed by atoms with Gasteiger partial charge < -0.3 is 14.8 Å². The lowest BCUT2D eigenvalue weighted by atomic mass is 10.1. The molecule has 0 radical (unpaired) electrons. The lowest BCUT2D eigenvalue weighted by Crippen LogP contribution is -2.25. The van der Waals surface area contributed by atoms with Crippen LogP contribution in [0.5, 0.6) is 11.6 Å². The Morgan fingerprint density at radius 3 is 2.69 bits per heavy atom. The molecule has 26 heavy (non-hydrogen) atoms. The van der Waals surface area contributed by atoms with E-state index >= 15 is 0 Å². The van der Waals surface area contributed by atoms with Gasteiger partial charge in [-0.15, -0.1) is 0 Å². The number of benzene rings is 1. The van der Waals surface area contributed by atoms with Crippen molar-refractivity contribution < 1.29 is 23.0 Å². The fourth-order valence-electron chi connectivity index (χ4n) is 2.23. The van der Waals surface area contributed by atoms with Crippen molar-refractivity contribution in [1.82, 2.24) is 10.3 Å². The van der Waals surface area contributed by atoms with Crippen molar-refractivity contribution >= 4 is 5.91 Å². The largest absolute Gasteiger partial charge is 0.477 e. The highest BCUT2D eigenvalue weighted by Gasteiger charge is 2.09. The fourth-order valence-corrected chi connectivity index (χ4v) is 2.23. The van der Waals surface area contributed by atoms with E-state index in [1.54, 1.807) is 24.4 Å². The fraction of sp³-hybridized carbons (Fsp3) is 0.368. The number of hydrogen-bond donors (Lipinski definition) is 1. The molecule has 0 bridgehead atoms. The van der Waals surface area contributed by atoms with Crippen LogP contribution in [0, 0.1) is 0 Å². The Labute approximate surface area is 151 Å². The van der Waals surface area contributed by atoms with E-state index in [0.717, 1.165) is 18.4 Å². The number of aromatic nitrogens is 1. The molecule has 0 unspecified atom stereocenters. The zero-order valence-electron chi connectivity index (χ0n) is 14.6. The summed E-state index contributed by atoms with van der Waals surface area (Å²) < 4.78 is 34.2. The topological polar surface area (TPSA) is 60.5 Å². The van der Waals surface area contributed by atoms with Crippen LogP contribution < -0.4 is 14.8 Å². The van der Waals surface area contributed by atoms with Gasteiger partial charge >= 0.3 is 6.61 Å². The Balaban J connectivity index is 1.85. The minimum atomic E-state index is -2.86. The Morgan fingerprint density at radius 2 is 2.00 bits per heavy atom. The number of amides is 1. The van der Waals surface area contributed by atoms with Gasteiger partial charge in [0.15, 0.2) is 0 Å². The van der Waals surface area contributed by atoms with Crippen molar-refractivity contribution in [3.63, 3.8) is 0 Å². The highest BCUT2D eigenvalue weighted by Crippen LogP contribution is 2.16. The zero-order chi connectivity index (χ0) is 18.8. The number of hydrogen-bond acceptors (Lipinski definition) is 4. The van der Waals surface area contributed by atoms with E-state index in [1.807, 2.05) is 6.07 Å². The first-order valence-corrected chi connectivity index (χ1v) is 8.45. The maximum atomic E-state index is 12.1. The van der Waals surface area contributed by atoms with Gasteiger partial charge in [0.2, 0.25) is 11.8 Å². The Morgan fingerprint density at radius 1 is 1.23 bits per heavy atom. The molecule has 0 aliphatic carbocycles. The number of pyridine rings is 1. The third kappa shape index (κ3) is 6.66. The van der Waals surface area contributed by atoms with Crippen LogP contribution in [0.2, 0.25) is 0 Å². The summed E-state index contributed by atoms with van der Waals surface area (Å²) >= 11 is 0. The number of nitrogens with one attached hydrogen (secondary N) is 1. The second-order valence-electron chi connectivity index (χ2n) is 5.65. The van der Waals surface area contributed by atoms with Crippen LogP contribution in [0.25, 0.3) is 0 Å². The van der Waals surface area contributed by atoms with Gasteiger partial charge in [-0.25, -0.2) is 4.98 Å². The lowest BCUT2D eigenvalue weighted by Gasteiger charge is -2.11. The summed E-state index contributed by atoms with van der Waals surface area (Å²) in [6.45, 7) is 0.106. The standard InChI is InChI=1S/C19H22F2N2O3/c1-2-3-11-25-18-15(5-4-10-22-18)13-23-17(24)12-14-6-8-16(9-7-14)26-19(20)21/h4-10,19H,2-3,11-13H2,1H3,(H,23,24). The SMILES string of the molecule is CCCCOc1ncccc1CNC(=O)Cc1ccc(OC(F)F)cc1. The van der Waals surface area contributed by atoms with Crippen molar-refractivity contribution in [3.05, 3.63) is 53.7 Å². The predicted molar refractivity (Wildman–Crippen MR) is 93.3 cm³/mol. The summed E-state index contributed by atoms with van der Waals surface area (Å²) in [5.41, 5.74) is 1.51. The summed E-state index contributed by atoms with van der Waals surface area (Å²) in [6, 6.07) is 9.63. The van der Waals surface area contributed by atoms with Crippen molar-refractivity contribution in [2.24, 2.45) is 0 Å². The predicted octanol–water partition coefficient (Wildman–Crippen LogP) is 3.72. The first-order chi connectivity index (χ1) is 12.6. The van der Waals surface area contributed by atoms with Crippen LogP contribution in [0.1, 0.15) is 30.9 Å². The van der Waals surface area contributed by atoms with Gasteiger partial charge in [-0.1, -0.05) is 31.5 Å². The van der Waals surface area contributed by atoms with E-state index in [-0.39, 0.29) is 18.1 Å². The molecule has 0 aliphatic rings. The van der Waals surface area contributed by atoms with Gasteiger partial charge in [-0.05, 0) is 30.2 Å². The maximum absolute atomic E-state index is 12.1. The summed E-state index contributed by atoms with van der Waals surface area (Å²) in [6.07, 6.45) is 3.75. The van der Waals surface area contributed by atoms with Gasteiger partial charge in [0.1, 0.15) is 5.75 Å². The average Bonchev–Trinajstić information content (AvgIpc) is 2.62. The molecule has 0 atom stereocenters. The van der Waals surface area contributed by atoms with E-state index in [1.165, 1.54) is 12.1 Å². The third-order valence-electron chi connectivity index (χ3n) is 3.58. The quantitative estimate of drug-likeness (QED) is 0.653. The van der Waals surface area contributed by atoms with E-state index < -0.39 is 6.61 Å². The Hall–Kier alpha value is -2.70. The molecule has 0 saturated heterocycles. The van der Waals surface area contributed by atoms with Crippen LogP contribution in [0.15, 0.2) is 42.6 Å². The number of rotatable bonds is 10. The first kappa shape index (κ1) is 19.6. The number of ether oxygens (including phenoxy) is 2. The second kappa shape index (κ2) is 10.3. The number of nitrogens with zero attached hydrogens (tertiary/aromatic N) is 1. The summed E-state index contributed by atoms with van der Waals surface area (Å²) in [7, 11) is 0. The summed E-state index contributed by atoms with van der Waals surface area (Å²) in [4.78, 5) is 16.3. The van der Waals surface area contributed by atoms with E-state index in [0.29, 0.717) is 24.6 Å². The molecule has 2 aromatic rings. The van der Waals surface area contributed by atoms with Crippen LogP contribution in [0.3, 0.4) is 0 Å². The molecule has 2 rings (SSSR count). The molecule has 5 nitrogen and oxygen atoms in total. The average molecular weight is 364 g/mol. The molecule has 1 aromatic carbocycles. The maximum Gasteiger partial charge on any atom is 0.387 e. The van der Waals surface area contributed by atoms with Gasteiger partial charge in [0.25, 0.3) is 0 Å².